The Labute approximate surface area is 174 Å². The molecule has 3 rings (SSSR count). The molecule has 29 heavy (non-hydrogen) atoms. The zero-order chi connectivity index (χ0) is 20.5. The Hall–Kier alpha value is -3.31. The highest BCUT2D eigenvalue weighted by Gasteiger charge is 2.03. The van der Waals surface area contributed by atoms with Crippen LogP contribution in [0.1, 0.15) is 16.7 Å². The van der Waals surface area contributed by atoms with E-state index >= 15 is 0 Å². The summed E-state index contributed by atoms with van der Waals surface area (Å²) < 4.78 is 11.2. The van der Waals surface area contributed by atoms with Crippen LogP contribution in [0.2, 0.25) is 5.02 Å². The molecule has 0 atom stereocenters. The summed E-state index contributed by atoms with van der Waals surface area (Å²) in [7, 11) is 0. The second-order valence-corrected chi connectivity index (χ2v) is 6.77. The van der Waals surface area contributed by atoms with Crippen molar-refractivity contribution in [3.63, 3.8) is 0 Å². The minimum atomic E-state index is -0.326. The van der Waals surface area contributed by atoms with Crippen LogP contribution in [0.5, 0.6) is 11.5 Å². The number of hydrazone groups is 1. The minimum Gasteiger partial charge on any atom is -0.489 e. The van der Waals surface area contributed by atoms with Crippen molar-refractivity contribution in [3.05, 3.63) is 94.5 Å². The van der Waals surface area contributed by atoms with Crippen molar-refractivity contribution in [2.24, 2.45) is 5.10 Å². The fraction of sp³-hybridized carbons (Fsp3) is 0.130. The lowest BCUT2D eigenvalue weighted by atomic mass is 10.2. The van der Waals surface area contributed by atoms with Crippen molar-refractivity contribution < 1.29 is 14.3 Å². The molecule has 0 spiro atoms. The molecule has 5 nitrogen and oxygen atoms in total. The summed E-state index contributed by atoms with van der Waals surface area (Å²) in [5.74, 6) is 1.10. The Balaban J connectivity index is 1.42. The maximum atomic E-state index is 11.8. The molecule has 3 aromatic carbocycles. The van der Waals surface area contributed by atoms with E-state index in [4.69, 9.17) is 21.1 Å². The van der Waals surface area contributed by atoms with Crippen LogP contribution in [-0.4, -0.2) is 18.7 Å². The number of benzene rings is 3. The maximum Gasteiger partial charge on any atom is 0.277 e. The normalized spacial score (nSPS) is 10.7. The van der Waals surface area contributed by atoms with Crippen LogP contribution >= 0.6 is 11.6 Å². The Morgan fingerprint density at radius 3 is 2.45 bits per heavy atom. The summed E-state index contributed by atoms with van der Waals surface area (Å²) >= 11 is 5.87. The Morgan fingerprint density at radius 2 is 1.72 bits per heavy atom. The lowest BCUT2D eigenvalue weighted by Crippen LogP contribution is -2.24. The summed E-state index contributed by atoms with van der Waals surface area (Å²) in [6.07, 6.45) is 1.56. The molecule has 148 valence electrons. The number of nitrogens with zero attached hydrogens (tertiary/aromatic N) is 1. The molecule has 0 unspecified atom stereocenters. The van der Waals surface area contributed by atoms with Crippen LogP contribution in [0.15, 0.2) is 77.9 Å². The van der Waals surface area contributed by atoms with E-state index in [9.17, 15) is 4.79 Å². The Morgan fingerprint density at radius 1 is 1.00 bits per heavy atom. The fourth-order valence-corrected chi connectivity index (χ4v) is 2.60. The molecule has 1 N–H and O–H groups in total. The third kappa shape index (κ3) is 6.66. The number of para-hydroxylation sites is 1. The molecule has 1 amide bonds. The van der Waals surface area contributed by atoms with Crippen LogP contribution in [-0.2, 0) is 11.4 Å². The van der Waals surface area contributed by atoms with Gasteiger partial charge >= 0.3 is 0 Å². The molecule has 0 bridgehead atoms. The first-order valence-electron chi connectivity index (χ1n) is 9.08. The maximum absolute atomic E-state index is 11.8. The molecule has 0 fully saturated rings. The van der Waals surface area contributed by atoms with Crippen LogP contribution in [0, 0.1) is 6.92 Å². The Bertz CT molecular complexity index is 970. The van der Waals surface area contributed by atoms with E-state index in [1.54, 1.807) is 6.21 Å². The smallest absolute Gasteiger partial charge is 0.277 e. The van der Waals surface area contributed by atoms with Gasteiger partial charge in [0.15, 0.2) is 6.61 Å². The molecule has 0 aliphatic carbocycles. The predicted molar refractivity (Wildman–Crippen MR) is 115 cm³/mol. The fourth-order valence-electron chi connectivity index (χ4n) is 2.47. The van der Waals surface area contributed by atoms with E-state index in [-0.39, 0.29) is 12.5 Å². The molecule has 0 saturated heterocycles. The molecule has 6 heteroatoms. The first-order chi connectivity index (χ1) is 14.1. The highest BCUT2D eigenvalue weighted by molar-refractivity contribution is 6.30. The van der Waals surface area contributed by atoms with E-state index < -0.39 is 0 Å². The number of hydrogen-bond donors (Lipinski definition) is 1. The van der Waals surface area contributed by atoms with Gasteiger partial charge in [0.25, 0.3) is 5.91 Å². The monoisotopic (exact) mass is 408 g/mol. The van der Waals surface area contributed by atoms with Crippen LogP contribution in [0.4, 0.5) is 0 Å². The standard InChI is InChI=1S/C23H21ClN2O3/c1-17-4-2-3-5-22(17)29-16-23(27)26-25-14-18-8-12-21(13-9-18)28-15-19-6-10-20(24)11-7-19/h2-14H,15-16H2,1H3,(H,26,27)/b25-14-. The molecule has 0 aliphatic heterocycles. The number of carbonyl (C=O) groups excluding carboxylic acids is 1. The summed E-state index contributed by atoms with van der Waals surface area (Å²) in [5, 5.41) is 4.65. The second-order valence-electron chi connectivity index (χ2n) is 6.33. The van der Waals surface area contributed by atoms with Gasteiger partial charge in [0.2, 0.25) is 0 Å². The predicted octanol–water partition coefficient (Wildman–Crippen LogP) is 4.76. The zero-order valence-electron chi connectivity index (χ0n) is 16.0. The van der Waals surface area contributed by atoms with Gasteiger partial charge in [-0.05, 0) is 66.1 Å². The number of rotatable bonds is 8. The first kappa shape index (κ1) is 20.4. The van der Waals surface area contributed by atoms with Crippen molar-refractivity contribution in [1.82, 2.24) is 5.43 Å². The largest absolute Gasteiger partial charge is 0.489 e. The second kappa shape index (κ2) is 10.3. The molecule has 0 saturated carbocycles. The van der Waals surface area contributed by atoms with E-state index in [1.807, 2.05) is 79.7 Å². The Kier molecular flexibility index (Phi) is 7.25. The number of nitrogens with one attached hydrogen (secondary N) is 1. The number of amides is 1. The van der Waals surface area contributed by atoms with Crippen LogP contribution < -0.4 is 14.9 Å². The molecule has 0 aromatic heterocycles. The van der Waals surface area contributed by atoms with Gasteiger partial charge in [-0.1, -0.05) is 41.9 Å². The van der Waals surface area contributed by atoms with Gasteiger partial charge in [-0.3, -0.25) is 4.79 Å². The van der Waals surface area contributed by atoms with E-state index in [1.165, 1.54) is 0 Å². The van der Waals surface area contributed by atoms with Gasteiger partial charge in [0.1, 0.15) is 18.1 Å². The third-order valence-corrected chi connectivity index (χ3v) is 4.31. The quantitative estimate of drug-likeness (QED) is 0.432. The van der Waals surface area contributed by atoms with Crippen molar-refractivity contribution >= 4 is 23.7 Å². The van der Waals surface area contributed by atoms with Crippen molar-refractivity contribution in [2.45, 2.75) is 13.5 Å². The van der Waals surface area contributed by atoms with Gasteiger partial charge in [-0.15, -0.1) is 0 Å². The molecule has 3 aromatic rings. The summed E-state index contributed by atoms with van der Waals surface area (Å²) in [5.41, 5.74) is 5.30. The molecule has 0 heterocycles. The third-order valence-electron chi connectivity index (χ3n) is 4.05. The van der Waals surface area contributed by atoms with E-state index in [2.05, 4.69) is 10.5 Å². The van der Waals surface area contributed by atoms with Crippen molar-refractivity contribution in [2.75, 3.05) is 6.61 Å². The van der Waals surface area contributed by atoms with E-state index in [0.29, 0.717) is 17.4 Å². The van der Waals surface area contributed by atoms with Gasteiger partial charge in [-0.2, -0.15) is 5.10 Å². The number of hydrogen-bond acceptors (Lipinski definition) is 4. The zero-order valence-corrected chi connectivity index (χ0v) is 16.7. The summed E-state index contributed by atoms with van der Waals surface area (Å²) in [6.45, 7) is 2.29. The number of ether oxygens (including phenoxy) is 2. The lowest BCUT2D eigenvalue weighted by molar-refractivity contribution is -0.123. The molecule has 0 aliphatic rings. The topological polar surface area (TPSA) is 59.9 Å². The van der Waals surface area contributed by atoms with Crippen LogP contribution in [0.25, 0.3) is 0 Å². The average molecular weight is 409 g/mol. The highest BCUT2D eigenvalue weighted by atomic mass is 35.5. The molecule has 0 radical (unpaired) electrons. The first-order valence-corrected chi connectivity index (χ1v) is 9.45. The summed E-state index contributed by atoms with van der Waals surface area (Å²) in [4.78, 5) is 11.8. The number of halogens is 1. The minimum absolute atomic E-state index is 0.0976. The summed E-state index contributed by atoms with van der Waals surface area (Å²) in [6, 6.07) is 22.5. The van der Waals surface area contributed by atoms with Crippen molar-refractivity contribution in [1.29, 1.82) is 0 Å². The molecular formula is C23H21ClN2O3. The average Bonchev–Trinajstić information content (AvgIpc) is 2.74. The highest BCUT2D eigenvalue weighted by Crippen LogP contribution is 2.16. The van der Waals surface area contributed by atoms with Gasteiger partial charge in [-0.25, -0.2) is 5.43 Å². The lowest BCUT2D eigenvalue weighted by Gasteiger charge is -2.07. The SMILES string of the molecule is Cc1ccccc1OCC(=O)N/N=C\c1ccc(OCc2ccc(Cl)cc2)cc1. The van der Waals surface area contributed by atoms with Crippen LogP contribution in [0.3, 0.4) is 0 Å². The molecular weight excluding hydrogens is 388 g/mol. The van der Waals surface area contributed by atoms with Gasteiger partial charge in [0, 0.05) is 5.02 Å². The number of aryl methyl sites for hydroxylation is 1. The van der Waals surface area contributed by atoms with Crippen molar-refractivity contribution in [3.8, 4) is 11.5 Å². The van der Waals surface area contributed by atoms with Gasteiger partial charge in [0.05, 0.1) is 6.21 Å². The van der Waals surface area contributed by atoms with E-state index in [0.717, 1.165) is 22.4 Å². The van der Waals surface area contributed by atoms with Gasteiger partial charge < -0.3 is 9.47 Å². The number of carbonyl (C=O) groups is 1.